The SMILES string of the molecule is CC(C)n1ncc2cc(NC(=O)c3ccc(-n4cc(Br)cn4)cc3)cnc21. The highest BCUT2D eigenvalue weighted by Crippen LogP contribution is 2.20. The van der Waals surface area contributed by atoms with Gasteiger partial charge in [-0.15, -0.1) is 0 Å². The molecule has 4 aromatic rings. The van der Waals surface area contributed by atoms with Crippen LogP contribution in [0.25, 0.3) is 16.7 Å². The van der Waals surface area contributed by atoms with Crippen molar-refractivity contribution >= 4 is 38.6 Å². The lowest BCUT2D eigenvalue weighted by Crippen LogP contribution is -2.12. The van der Waals surface area contributed by atoms with E-state index in [1.54, 1.807) is 35.4 Å². The zero-order valence-electron chi connectivity index (χ0n) is 14.8. The first-order valence-corrected chi connectivity index (χ1v) is 9.26. The molecule has 1 aromatic carbocycles. The van der Waals surface area contributed by atoms with Crippen molar-refractivity contribution in [3.63, 3.8) is 0 Å². The van der Waals surface area contributed by atoms with Crippen LogP contribution in [0.15, 0.2) is 59.6 Å². The molecule has 0 unspecified atom stereocenters. The number of carbonyl (C=O) groups is 1. The van der Waals surface area contributed by atoms with Crippen LogP contribution in [0.4, 0.5) is 5.69 Å². The second-order valence-corrected chi connectivity index (χ2v) is 7.34. The average Bonchev–Trinajstić information content (AvgIpc) is 3.27. The van der Waals surface area contributed by atoms with Crippen LogP contribution in [0.5, 0.6) is 0 Å². The lowest BCUT2D eigenvalue weighted by Gasteiger charge is -2.08. The molecular weight excluding hydrogens is 408 g/mol. The van der Waals surface area contributed by atoms with Gasteiger partial charge in [0.15, 0.2) is 5.65 Å². The number of fused-ring (bicyclic) bond motifs is 1. The fourth-order valence-electron chi connectivity index (χ4n) is 2.80. The maximum absolute atomic E-state index is 12.5. The highest BCUT2D eigenvalue weighted by Gasteiger charge is 2.11. The van der Waals surface area contributed by atoms with Gasteiger partial charge in [-0.2, -0.15) is 10.2 Å². The first-order chi connectivity index (χ1) is 13.0. The van der Waals surface area contributed by atoms with Crippen LogP contribution < -0.4 is 5.32 Å². The predicted octanol–water partition coefficient (Wildman–Crippen LogP) is 4.21. The first kappa shape index (κ1) is 17.4. The lowest BCUT2D eigenvalue weighted by molar-refractivity contribution is 0.102. The minimum absolute atomic E-state index is 0.194. The second-order valence-electron chi connectivity index (χ2n) is 6.42. The van der Waals surface area contributed by atoms with Gasteiger partial charge in [-0.05, 0) is 60.1 Å². The molecule has 0 bridgehead atoms. The van der Waals surface area contributed by atoms with Crippen LogP contribution in [0.2, 0.25) is 0 Å². The molecule has 0 aliphatic rings. The topological polar surface area (TPSA) is 77.6 Å². The molecule has 0 spiro atoms. The van der Waals surface area contributed by atoms with Crippen LogP contribution in [0.3, 0.4) is 0 Å². The van der Waals surface area contributed by atoms with E-state index >= 15 is 0 Å². The summed E-state index contributed by atoms with van der Waals surface area (Å²) in [5.74, 6) is -0.194. The number of benzene rings is 1. The number of hydrogen-bond donors (Lipinski definition) is 1. The number of hydrogen-bond acceptors (Lipinski definition) is 4. The van der Waals surface area contributed by atoms with Crippen molar-refractivity contribution in [1.82, 2.24) is 24.5 Å². The van der Waals surface area contributed by atoms with Crippen molar-refractivity contribution in [3.8, 4) is 5.69 Å². The maximum atomic E-state index is 12.5. The summed E-state index contributed by atoms with van der Waals surface area (Å²) in [7, 11) is 0. The molecule has 3 aromatic heterocycles. The Morgan fingerprint density at radius 3 is 2.56 bits per heavy atom. The van der Waals surface area contributed by atoms with E-state index in [-0.39, 0.29) is 11.9 Å². The summed E-state index contributed by atoms with van der Waals surface area (Å²) in [6, 6.07) is 9.34. The summed E-state index contributed by atoms with van der Waals surface area (Å²) in [4.78, 5) is 17.0. The van der Waals surface area contributed by atoms with Gasteiger partial charge in [0.25, 0.3) is 5.91 Å². The molecule has 0 atom stereocenters. The van der Waals surface area contributed by atoms with Crippen LogP contribution >= 0.6 is 15.9 Å². The van der Waals surface area contributed by atoms with E-state index < -0.39 is 0 Å². The van der Waals surface area contributed by atoms with Gasteiger partial charge in [0, 0.05) is 23.2 Å². The zero-order chi connectivity index (χ0) is 19.0. The van der Waals surface area contributed by atoms with E-state index in [0.29, 0.717) is 11.3 Å². The molecule has 4 rings (SSSR count). The van der Waals surface area contributed by atoms with Crippen molar-refractivity contribution in [2.45, 2.75) is 19.9 Å². The van der Waals surface area contributed by atoms with E-state index in [0.717, 1.165) is 21.2 Å². The fraction of sp³-hybridized carbons (Fsp3) is 0.158. The molecule has 1 amide bonds. The molecule has 0 aliphatic carbocycles. The number of nitrogens with zero attached hydrogens (tertiary/aromatic N) is 5. The number of halogens is 1. The number of pyridine rings is 1. The summed E-state index contributed by atoms with van der Waals surface area (Å²) < 4.78 is 4.48. The molecule has 0 aliphatic heterocycles. The highest BCUT2D eigenvalue weighted by atomic mass is 79.9. The largest absolute Gasteiger partial charge is 0.321 e. The van der Waals surface area contributed by atoms with Gasteiger partial charge in [0.2, 0.25) is 0 Å². The smallest absolute Gasteiger partial charge is 0.255 e. The van der Waals surface area contributed by atoms with E-state index in [2.05, 4.69) is 50.3 Å². The number of carbonyl (C=O) groups excluding carboxylic acids is 1. The van der Waals surface area contributed by atoms with Crippen LogP contribution in [-0.2, 0) is 0 Å². The fourth-order valence-corrected chi connectivity index (χ4v) is 3.08. The molecule has 0 fully saturated rings. The number of nitrogens with one attached hydrogen (secondary N) is 1. The number of aromatic nitrogens is 5. The Bertz CT molecular complexity index is 1110. The summed E-state index contributed by atoms with van der Waals surface area (Å²) in [5.41, 5.74) is 2.87. The van der Waals surface area contributed by atoms with Crippen molar-refractivity contribution in [3.05, 3.63) is 65.2 Å². The van der Waals surface area contributed by atoms with Gasteiger partial charge in [-0.3, -0.25) is 4.79 Å². The third-order valence-electron chi connectivity index (χ3n) is 4.13. The van der Waals surface area contributed by atoms with Gasteiger partial charge in [0.05, 0.1) is 34.4 Å². The summed E-state index contributed by atoms with van der Waals surface area (Å²) >= 11 is 3.37. The number of anilines is 1. The second kappa shape index (κ2) is 6.96. The van der Waals surface area contributed by atoms with E-state index in [1.165, 1.54) is 0 Å². The first-order valence-electron chi connectivity index (χ1n) is 8.46. The van der Waals surface area contributed by atoms with E-state index in [9.17, 15) is 4.79 Å². The Kier molecular flexibility index (Phi) is 4.49. The van der Waals surface area contributed by atoms with Crippen molar-refractivity contribution in [2.75, 3.05) is 5.32 Å². The maximum Gasteiger partial charge on any atom is 0.255 e. The average molecular weight is 425 g/mol. The van der Waals surface area contributed by atoms with E-state index in [4.69, 9.17) is 0 Å². The normalized spacial score (nSPS) is 11.3. The Balaban J connectivity index is 1.52. The van der Waals surface area contributed by atoms with Gasteiger partial charge >= 0.3 is 0 Å². The molecule has 3 heterocycles. The van der Waals surface area contributed by atoms with Gasteiger partial charge < -0.3 is 5.32 Å². The zero-order valence-corrected chi connectivity index (χ0v) is 16.4. The monoisotopic (exact) mass is 424 g/mol. The Morgan fingerprint density at radius 2 is 1.89 bits per heavy atom. The molecule has 0 radical (unpaired) electrons. The van der Waals surface area contributed by atoms with Crippen LogP contribution in [0, 0.1) is 0 Å². The number of rotatable bonds is 4. The third kappa shape index (κ3) is 3.48. The predicted molar refractivity (Wildman–Crippen MR) is 107 cm³/mol. The van der Waals surface area contributed by atoms with Crippen molar-refractivity contribution in [2.24, 2.45) is 0 Å². The lowest BCUT2D eigenvalue weighted by atomic mass is 10.2. The molecule has 27 heavy (non-hydrogen) atoms. The van der Waals surface area contributed by atoms with Crippen molar-refractivity contribution in [1.29, 1.82) is 0 Å². The molecule has 0 saturated carbocycles. The Labute approximate surface area is 164 Å². The van der Waals surface area contributed by atoms with Crippen LogP contribution in [0.1, 0.15) is 30.2 Å². The Hall–Kier alpha value is -3.00. The van der Waals surface area contributed by atoms with Gasteiger partial charge in [0.1, 0.15) is 0 Å². The summed E-state index contributed by atoms with van der Waals surface area (Å²) in [6.07, 6.45) is 6.98. The van der Waals surface area contributed by atoms with Crippen molar-refractivity contribution < 1.29 is 4.79 Å². The summed E-state index contributed by atoms with van der Waals surface area (Å²) in [6.45, 7) is 4.10. The minimum Gasteiger partial charge on any atom is -0.321 e. The standard InChI is InChI=1S/C19H17BrN6O/c1-12(2)26-18-14(8-23-26)7-16(10-21-18)24-19(27)13-3-5-17(6-4-13)25-11-15(20)9-22-25/h3-12H,1-2H3,(H,24,27). The molecule has 0 saturated heterocycles. The van der Waals surface area contributed by atoms with Crippen LogP contribution in [-0.4, -0.2) is 30.5 Å². The van der Waals surface area contributed by atoms with E-state index in [1.807, 2.05) is 29.1 Å². The summed E-state index contributed by atoms with van der Waals surface area (Å²) in [5, 5.41) is 12.3. The Morgan fingerprint density at radius 1 is 1.11 bits per heavy atom. The quantitative estimate of drug-likeness (QED) is 0.531. The highest BCUT2D eigenvalue weighted by molar-refractivity contribution is 9.10. The molecule has 1 N–H and O–H groups in total. The molecule has 136 valence electrons. The van der Waals surface area contributed by atoms with Gasteiger partial charge in [-0.25, -0.2) is 14.3 Å². The van der Waals surface area contributed by atoms with Gasteiger partial charge in [-0.1, -0.05) is 0 Å². The third-order valence-corrected chi connectivity index (χ3v) is 4.53. The molecule has 7 nitrogen and oxygen atoms in total. The molecule has 8 heteroatoms. The minimum atomic E-state index is -0.194. The molecular formula is C19H17BrN6O. The number of amides is 1.